The number of nitrogens with zero attached hydrogens (tertiary/aromatic N) is 3. The molecule has 0 spiro atoms. The molecule has 2 heterocycles. The Hall–Kier alpha value is -2.67. The molecule has 1 unspecified atom stereocenters. The quantitative estimate of drug-likeness (QED) is 0.498. The van der Waals surface area contributed by atoms with Crippen molar-refractivity contribution in [3.8, 4) is 17.3 Å². The molecule has 0 saturated carbocycles. The van der Waals surface area contributed by atoms with Crippen molar-refractivity contribution in [1.82, 2.24) is 14.9 Å². The molecule has 2 aromatic heterocycles. The topological polar surface area (TPSA) is 77.4 Å². The Labute approximate surface area is 174 Å². The monoisotopic (exact) mass is 410 g/mol. The van der Waals surface area contributed by atoms with Gasteiger partial charge in [-0.1, -0.05) is 29.8 Å². The van der Waals surface area contributed by atoms with Crippen molar-refractivity contribution in [3.63, 3.8) is 0 Å². The van der Waals surface area contributed by atoms with E-state index in [2.05, 4.69) is 4.90 Å². The van der Waals surface area contributed by atoms with Crippen LogP contribution in [0.1, 0.15) is 18.2 Å². The maximum absolute atomic E-state index is 6.46. The highest BCUT2D eigenvalue weighted by Gasteiger charge is 2.21. The molecular formula is C22H23ClN4O2. The summed E-state index contributed by atoms with van der Waals surface area (Å²) in [5.41, 5.74) is 8.34. The molecule has 4 rings (SSSR count). The largest absolute Gasteiger partial charge is 0.495 e. The summed E-state index contributed by atoms with van der Waals surface area (Å²) in [6, 6.07) is 13.5. The van der Waals surface area contributed by atoms with Gasteiger partial charge in [-0.25, -0.2) is 9.97 Å². The van der Waals surface area contributed by atoms with E-state index in [1.54, 1.807) is 13.2 Å². The van der Waals surface area contributed by atoms with Gasteiger partial charge in [-0.05, 0) is 51.3 Å². The highest BCUT2D eigenvalue weighted by Crippen LogP contribution is 2.37. The molecule has 4 aromatic rings. The molecule has 0 aliphatic carbocycles. The van der Waals surface area contributed by atoms with E-state index in [-0.39, 0.29) is 6.04 Å². The van der Waals surface area contributed by atoms with E-state index in [0.717, 1.165) is 28.4 Å². The van der Waals surface area contributed by atoms with Gasteiger partial charge in [0.05, 0.1) is 29.4 Å². The number of ether oxygens (including phenoxy) is 1. The molecule has 150 valence electrons. The normalized spacial score (nSPS) is 12.8. The summed E-state index contributed by atoms with van der Waals surface area (Å²) < 4.78 is 11.3. The Kier molecular flexibility index (Phi) is 5.41. The lowest BCUT2D eigenvalue weighted by Crippen LogP contribution is -2.24. The van der Waals surface area contributed by atoms with Crippen LogP contribution in [0.3, 0.4) is 0 Å². The van der Waals surface area contributed by atoms with E-state index in [1.165, 1.54) is 0 Å². The summed E-state index contributed by atoms with van der Waals surface area (Å²) in [5.74, 6) is 1.68. The SMILES string of the molecule is COc1ccc2oc(-c3nc(C(CCN)N(C)C)c4ccccc4n3)cc2c1Cl. The van der Waals surface area contributed by atoms with Gasteiger partial charge in [0.25, 0.3) is 0 Å². The van der Waals surface area contributed by atoms with Crippen molar-refractivity contribution >= 4 is 33.5 Å². The number of furan rings is 1. The van der Waals surface area contributed by atoms with Crippen LogP contribution in [0, 0.1) is 0 Å². The van der Waals surface area contributed by atoms with Gasteiger partial charge < -0.3 is 19.8 Å². The van der Waals surface area contributed by atoms with Crippen LogP contribution in [0.2, 0.25) is 5.02 Å². The van der Waals surface area contributed by atoms with Gasteiger partial charge in [-0.2, -0.15) is 0 Å². The molecule has 0 fully saturated rings. The van der Waals surface area contributed by atoms with Gasteiger partial charge in [0.2, 0.25) is 0 Å². The summed E-state index contributed by atoms with van der Waals surface area (Å²) in [4.78, 5) is 11.8. The number of halogens is 1. The van der Waals surface area contributed by atoms with E-state index < -0.39 is 0 Å². The number of aromatic nitrogens is 2. The smallest absolute Gasteiger partial charge is 0.196 e. The van der Waals surface area contributed by atoms with Crippen LogP contribution in [-0.4, -0.2) is 42.6 Å². The van der Waals surface area contributed by atoms with Crippen molar-refractivity contribution in [2.75, 3.05) is 27.7 Å². The van der Waals surface area contributed by atoms with Crippen LogP contribution in [0.5, 0.6) is 5.75 Å². The Balaban J connectivity index is 1.93. The molecular weight excluding hydrogens is 388 g/mol. The van der Waals surface area contributed by atoms with Crippen molar-refractivity contribution in [2.24, 2.45) is 5.73 Å². The lowest BCUT2D eigenvalue weighted by molar-refractivity contribution is 0.283. The van der Waals surface area contributed by atoms with Crippen LogP contribution < -0.4 is 10.5 Å². The summed E-state index contributed by atoms with van der Waals surface area (Å²) >= 11 is 6.46. The molecule has 0 radical (unpaired) electrons. The number of nitrogens with two attached hydrogens (primary N) is 1. The second-order valence-electron chi connectivity index (χ2n) is 7.11. The van der Waals surface area contributed by atoms with Gasteiger partial charge in [0, 0.05) is 10.8 Å². The lowest BCUT2D eigenvalue weighted by Gasteiger charge is -2.24. The van der Waals surface area contributed by atoms with Gasteiger partial charge in [0.1, 0.15) is 11.3 Å². The standard InChI is InChI=1S/C22H23ClN4O2/c1-27(2)16(10-11-24)21-13-6-4-5-7-15(13)25-22(26-21)19-12-14-17(29-19)8-9-18(28-3)20(14)23/h4-9,12,16H,10-11,24H2,1-3H3. The molecule has 0 aliphatic heterocycles. The van der Waals surface area contributed by atoms with E-state index in [1.807, 2.05) is 50.5 Å². The first kappa shape index (κ1) is 19.6. The average molecular weight is 411 g/mol. The second-order valence-corrected chi connectivity index (χ2v) is 7.49. The van der Waals surface area contributed by atoms with Crippen molar-refractivity contribution < 1.29 is 9.15 Å². The summed E-state index contributed by atoms with van der Waals surface area (Å²) in [7, 11) is 5.65. The van der Waals surface area contributed by atoms with Gasteiger partial charge in [-0.3, -0.25) is 0 Å². The van der Waals surface area contributed by atoms with E-state index in [9.17, 15) is 0 Å². The fourth-order valence-corrected chi connectivity index (χ4v) is 3.88. The first-order valence-corrected chi connectivity index (χ1v) is 9.81. The number of rotatable bonds is 6. The Morgan fingerprint density at radius 1 is 1.14 bits per heavy atom. The maximum atomic E-state index is 6.46. The molecule has 1 atom stereocenters. The zero-order chi connectivity index (χ0) is 20.5. The summed E-state index contributed by atoms with van der Waals surface area (Å²) in [6.07, 6.45) is 0.788. The fourth-order valence-electron chi connectivity index (χ4n) is 3.59. The van der Waals surface area contributed by atoms with E-state index in [4.69, 9.17) is 36.5 Å². The number of hydrogen-bond acceptors (Lipinski definition) is 6. The van der Waals surface area contributed by atoms with Crippen LogP contribution in [0.4, 0.5) is 0 Å². The molecule has 2 aromatic carbocycles. The van der Waals surface area contributed by atoms with Gasteiger partial charge in [0.15, 0.2) is 11.6 Å². The van der Waals surface area contributed by atoms with Crippen LogP contribution in [0.25, 0.3) is 33.5 Å². The zero-order valence-electron chi connectivity index (χ0n) is 16.6. The molecule has 0 saturated heterocycles. The third-order valence-electron chi connectivity index (χ3n) is 5.05. The number of fused-ring (bicyclic) bond motifs is 2. The third-order valence-corrected chi connectivity index (χ3v) is 5.44. The number of benzene rings is 2. The molecule has 0 amide bonds. The highest BCUT2D eigenvalue weighted by molar-refractivity contribution is 6.37. The minimum atomic E-state index is 0.0692. The lowest BCUT2D eigenvalue weighted by atomic mass is 10.0. The van der Waals surface area contributed by atoms with Gasteiger partial charge >= 0.3 is 0 Å². The first-order valence-electron chi connectivity index (χ1n) is 9.43. The maximum Gasteiger partial charge on any atom is 0.196 e. The molecule has 0 bridgehead atoms. The predicted molar refractivity (Wildman–Crippen MR) is 116 cm³/mol. The average Bonchev–Trinajstić information content (AvgIpc) is 3.17. The van der Waals surface area contributed by atoms with Crippen molar-refractivity contribution in [3.05, 3.63) is 53.2 Å². The van der Waals surface area contributed by atoms with Crippen LogP contribution in [-0.2, 0) is 0 Å². The van der Waals surface area contributed by atoms with Crippen LogP contribution >= 0.6 is 11.6 Å². The number of para-hydroxylation sites is 1. The minimum Gasteiger partial charge on any atom is -0.495 e. The first-order chi connectivity index (χ1) is 14.0. The third kappa shape index (κ3) is 3.55. The minimum absolute atomic E-state index is 0.0692. The zero-order valence-corrected chi connectivity index (χ0v) is 17.4. The van der Waals surface area contributed by atoms with Crippen molar-refractivity contribution in [1.29, 1.82) is 0 Å². The van der Waals surface area contributed by atoms with Gasteiger partial charge in [-0.15, -0.1) is 0 Å². The molecule has 2 N–H and O–H groups in total. The van der Waals surface area contributed by atoms with E-state index >= 15 is 0 Å². The molecule has 7 heteroatoms. The summed E-state index contributed by atoms with van der Waals surface area (Å²) in [6.45, 7) is 0.566. The second kappa shape index (κ2) is 7.99. The van der Waals surface area contributed by atoms with E-state index in [0.29, 0.717) is 34.5 Å². The van der Waals surface area contributed by atoms with Crippen LogP contribution in [0.15, 0.2) is 46.9 Å². The highest BCUT2D eigenvalue weighted by atomic mass is 35.5. The predicted octanol–water partition coefficient (Wildman–Crippen LogP) is 4.66. The Bertz CT molecular complexity index is 1170. The molecule has 29 heavy (non-hydrogen) atoms. The number of methoxy groups -OCH3 is 1. The van der Waals surface area contributed by atoms with Crippen molar-refractivity contribution in [2.45, 2.75) is 12.5 Å². The number of hydrogen-bond donors (Lipinski definition) is 1. The Morgan fingerprint density at radius 2 is 1.93 bits per heavy atom. The summed E-state index contributed by atoms with van der Waals surface area (Å²) in [5, 5.41) is 2.29. The fraction of sp³-hybridized carbons (Fsp3) is 0.273. The molecule has 6 nitrogen and oxygen atoms in total. The Morgan fingerprint density at radius 3 is 2.66 bits per heavy atom. The molecule has 0 aliphatic rings.